The fourth-order valence-electron chi connectivity index (χ4n) is 2.44. The van der Waals surface area contributed by atoms with Crippen molar-refractivity contribution in [1.29, 1.82) is 0 Å². The highest BCUT2D eigenvalue weighted by Gasteiger charge is 2.17. The van der Waals surface area contributed by atoms with E-state index in [1.807, 2.05) is 6.07 Å². The maximum Gasteiger partial charge on any atom is 0.293 e. The molecule has 3 heterocycles. The molecule has 0 unspecified atom stereocenters. The molecule has 0 radical (unpaired) electrons. The SMILES string of the molecule is CCOC=O.Nc1ncnc2c1ccn2C1CCNCC1. The Kier molecular flexibility index (Phi) is 5.51. The van der Waals surface area contributed by atoms with Crippen LogP contribution in [0.3, 0.4) is 0 Å². The van der Waals surface area contributed by atoms with E-state index in [0.29, 0.717) is 24.9 Å². The number of ether oxygens (including phenoxy) is 1. The van der Waals surface area contributed by atoms with Crippen LogP contribution in [0.5, 0.6) is 0 Å². The molecule has 1 aliphatic rings. The molecule has 7 nitrogen and oxygen atoms in total. The van der Waals surface area contributed by atoms with Crippen molar-refractivity contribution < 1.29 is 9.53 Å². The van der Waals surface area contributed by atoms with Gasteiger partial charge in [0.05, 0.1) is 12.0 Å². The molecule has 1 fully saturated rings. The van der Waals surface area contributed by atoms with Crippen LogP contribution in [0.1, 0.15) is 25.8 Å². The zero-order chi connectivity index (χ0) is 15.1. The first-order valence-electron chi connectivity index (χ1n) is 7.11. The van der Waals surface area contributed by atoms with Gasteiger partial charge < -0.3 is 20.4 Å². The van der Waals surface area contributed by atoms with Crippen LogP contribution >= 0.6 is 0 Å². The predicted octanol–water partition coefficient (Wildman–Crippen LogP) is 1.12. The maximum atomic E-state index is 9.18. The van der Waals surface area contributed by atoms with Crippen molar-refractivity contribution in [1.82, 2.24) is 19.9 Å². The van der Waals surface area contributed by atoms with E-state index in [2.05, 4.69) is 30.8 Å². The minimum atomic E-state index is 0.431. The third-order valence-electron chi connectivity index (χ3n) is 3.48. The number of nitrogen functional groups attached to an aromatic ring is 1. The molecule has 0 aliphatic carbocycles. The maximum absolute atomic E-state index is 9.18. The fourth-order valence-corrected chi connectivity index (χ4v) is 2.44. The lowest BCUT2D eigenvalue weighted by Gasteiger charge is -2.24. The molecule has 21 heavy (non-hydrogen) atoms. The van der Waals surface area contributed by atoms with Crippen molar-refractivity contribution in [3.63, 3.8) is 0 Å². The molecule has 0 saturated carbocycles. The van der Waals surface area contributed by atoms with Gasteiger partial charge in [0.2, 0.25) is 0 Å². The summed E-state index contributed by atoms with van der Waals surface area (Å²) in [4.78, 5) is 17.5. The Morgan fingerprint density at radius 1 is 1.48 bits per heavy atom. The topological polar surface area (TPSA) is 95.1 Å². The van der Waals surface area contributed by atoms with Gasteiger partial charge in [-0.1, -0.05) is 0 Å². The van der Waals surface area contributed by atoms with Gasteiger partial charge in [-0.25, -0.2) is 9.97 Å². The number of piperidine rings is 1. The van der Waals surface area contributed by atoms with Crippen LogP contribution in [0.15, 0.2) is 18.6 Å². The average molecular weight is 291 g/mol. The van der Waals surface area contributed by atoms with Gasteiger partial charge in [-0.05, 0) is 38.9 Å². The first-order chi connectivity index (χ1) is 10.3. The Bertz CT molecular complexity index is 578. The lowest BCUT2D eigenvalue weighted by atomic mass is 10.1. The van der Waals surface area contributed by atoms with Crippen LogP contribution in [0.2, 0.25) is 0 Å². The van der Waals surface area contributed by atoms with Crippen LogP contribution < -0.4 is 11.1 Å². The smallest absolute Gasteiger partial charge is 0.293 e. The number of nitrogens with zero attached hydrogens (tertiary/aromatic N) is 3. The van der Waals surface area contributed by atoms with E-state index >= 15 is 0 Å². The molecule has 2 aromatic rings. The van der Waals surface area contributed by atoms with Crippen LogP contribution in [0.25, 0.3) is 11.0 Å². The molecule has 3 N–H and O–H groups in total. The molecule has 7 heteroatoms. The van der Waals surface area contributed by atoms with E-state index in [1.165, 1.54) is 6.33 Å². The minimum absolute atomic E-state index is 0.431. The van der Waals surface area contributed by atoms with E-state index in [1.54, 1.807) is 6.92 Å². The summed E-state index contributed by atoms with van der Waals surface area (Å²) in [6.45, 7) is 4.81. The molecule has 0 atom stereocenters. The number of carbonyl (C=O) groups is 1. The Morgan fingerprint density at radius 2 is 2.24 bits per heavy atom. The van der Waals surface area contributed by atoms with Crippen LogP contribution in [0, 0.1) is 0 Å². The van der Waals surface area contributed by atoms with E-state index < -0.39 is 0 Å². The number of rotatable bonds is 3. The van der Waals surface area contributed by atoms with Crippen LogP contribution in [-0.4, -0.2) is 40.7 Å². The zero-order valence-electron chi connectivity index (χ0n) is 12.2. The number of fused-ring (bicyclic) bond motifs is 1. The second-order valence-corrected chi connectivity index (χ2v) is 4.75. The van der Waals surface area contributed by atoms with Crippen LogP contribution in [-0.2, 0) is 9.53 Å². The number of hydrogen-bond acceptors (Lipinski definition) is 6. The molecule has 2 aromatic heterocycles. The third kappa shape index (κ3) is 3.69. The van der Waals surface area contributed by atoms with Gasteiger partial charge in [0.25, 0.3) is 6.47 Å². The number of anilines is 1. The Labute approximate surface area is 123 Å². The first-order valence-corrected chi connectivity index (χ1v) is 7.11. The largest absolute Gasteiger partial charge is 0.468 e. The molecule has 0 amide bonds. The second-order valence-electron chi connectivity index (χ2n) is 4.75. The van der Waals surface area contributed by atoms with Gasteiger partial charge in [-0.15, -0.1) is 0 Å². The molecule has 0 aromatic carbocycles. The van der Waals surface area contributed by atoms with Crippen molar-refractivity contribution >= 4 is 23.3 Å². The molecule has 1 aliphatic heterocycles. The number of aromatic nitrogens is 3. The van der Waals surface area contributed by atoms with Gasteiger partial charge in [0.15, 0.2) is 0 Å². The lowest BCUT2D eigenvalue weighted by Crippen LogP contribution is -2.29. The summed E-state index contributed by atoms with van der Waals surface area (Å²) in [5, 5.41) is 4.32. The highest BCUT2D eigenvalue weighted by Crippen LogP contribution is 2.25. The van der Waals surface area contributed by atoms with E-state index in [9.17, 15) is 4.79 Å². The van der Waals surface area contributed by atoms with E-state index in [4.69, 9.17) is 5.73 Å². The van der Waals surface area contributed by atoms with Gasteiger partial charge in [0, 0.05) is 12.2 Å². The number of nitrogens with one attached hydrogen (secondary N) is 1. The Hall–Kier alpha value is -2.15. The molecule has 1 saturated heterocycles. The molecule has 0 bridgehead atoms. The number of carbonyl (C=O) groups excluding carboxylic acids is 1. The van der Waals surface area contributed by atoms with Gasteiger partial charge in [-0.3, -0.25) is 4.79 Å². The molecular weight excluding hydrogens is 270 g/mol. The van der Waals surface area contributed by atoms with Gasteiger partial charge >= 0.3 is 0 Å². The summed E-state index contributed by atoms with van der Waals surface area (Å²) < 4.78 is 6.38. The van der Waals surface area contributed by atoms with Crippen molar-refractivity contribution in [3.05, 3.63) is 18.6 Å². The van der Waals surface area contributed by atoms with E-state index in [-0.39, 0.29) is 0 Å². The Balaban J connectivity index is 0.000000282. The van der Waals surface area contributed by atoms with Crippen molar-refractivity contribution in [2.24, 2.45) is 0 Å². The average Bonchev–Trinajstić information content (AvgIpc) is 2.95. The molecule has 114 valence electrons. The number of hydrogen-bond donors (Lipinski definition) is 2. The van der Waals surface area contributed by atoms with Gasteiger partial charge in [-0.2, -0.15) is 0 Å². The van der Waals surface area contributed by atoms with Crippen molar-refractivity contribution in [3.8, 4) is 0 Å². The minimum Gasteiger partial charge on any atom is -0.468 e. The second kappa shape index (κ2) is 7.58. The highest BCUT2D eigenvalue weighted by atomic mass is 16.5. The molecule has 3 rings (SSSR count). The summed E-state index contributed by atoms with van der Waals surface area (Å²) >= 11 is 0. The summed E-state index contributed by atoms with van der Waals surface area (Å²) in [6, 6.07) is 2.54. The predicted molar refractivity (Wildman–Crippen MR) is 80.8 cm³/mol. The number of nitrogens with two attached hydrogens (primary N) is 1. The lowest BCUT2D eigenvalue weighted by molar-refractivity contribution is -0.128. The van der Waals surface area contributed by atoms with E-state index in [0.717, 1.165) is 37.0 Å². The standard InChI is InChI=1S/C11H15N5.C3H6O2/c12-10-9-3-6-16(11(9)15-7-14-10)8-1-4-13-5-2-8;1-2-5-3-4/h3,6-8,13H,1-2,4-5H2,(H2,12,14,15);3H,2H2,1H3. The highest BCUT2D eigenvalue weighted by molar-refractivity contribution is 5.86. The van der Waals surface area contributed by atoms with Crippen molar-refractivity contribution in [2.45, 2.75) is 25.8 Å². The van der Waals surface area contributed by atoms with Gasteiger partial charge in [0.1, 0.15) is 17.8 Å². The summed E-state index contributed by atoms with van der Waals surface area (Å²) in [5.74, 6) is 0.567. The van der Waals surface area contributed by atoms with Crippen molar-refractivity contribution in [2.75, 3.05) is 25.4 Å². The summed E-state index contributed by atoms with van der Waals surface area (Å²) in [6.07, 6.45) is 5.91. The summed E-state index contributed by atoms with van der Waals surface area (Å²) in [7, 11) is 0. The fraction of sp³-hybridized carbons (Fsp3) is 0.500. The third-order valence-corrected chi connectivity index (χ3v) is 3.48. The zero-order valence-corrected chi connectivity index (χ0v) is 12.2. The normalized spacial score (nSPS) is 15.3. The van der Waals surface area contributed by atoms with Crippen LogP contribution in [0.4, 0.5) is 5.82 Å². The quantitative estimate of drug-likeness (QED) is 0.823. The Morgan fingerprint density at radius 3 is 2.86 bits per heavy atom. The molecule has 0 spiro atoms. The monoisotopic (exact) mass is 291 g/mol. The first kappa shape index (κ1) is 15.2. The summed E-state index contributed by atoms with van der Waals surface area (Å²) in [5.41, 5.74) is 6.78. The molecular formula is C14H21N5O2.